The lowest BCUT2D eigenvalue weighted by atomic mass is 9.83. The fourth-order valence-corrected chi connectivity index (χ4v) is 11.9. The van der Waals surface area contributed by atoms with Gasteiger partial charge in [-0.1, -0.05) is 116 Å². The van der Waals surface area contributed by atoms with Gasteiger partial charge in [-0.25, -0.2) is 8.42 Å². The van der Waals surface area contributed by atoms with Crippen molar-refractivity contribution in [2.45, 2.75) is 142 Å². The number of sulfone groups is 1. The predicted molar refractivity (Wildman–Crippen MR) is 259 cm³/mol. The number of likely N-dealkylation sites (tertiary alicyclic amines) is 1. The minimum absolute atomic E-state index is 0.00756. The van der Waals surface area contributed by atoms with Crippen molar-refractivity contribution < 1.29 is 47.0 Å². The van der Waals surface area contributed by atoms with Crippen LogP contribution in [0.2, 0.25) is 0 Å². The van der Waals surface area contributed by atoms with Gasteiger partial charge in [-0.15, -0.1) is 0 Å². The molecule has 0 bridgehead atoms. The van der Waals surface area contributed by atoms with E-state index in [0.29, 0.717) is 50.8 Å². The molecule has 1 saturated heterocycles. The Kier molecular flexibility index (Phi) is 23.2. The minimum atomic E-state index is -3.56. The van der Waals surface area contributed by atoms with Gasteiger partial charge in [-0.3, -0.25) is 28.9 Å². The summed E-state index contributed by atoms with van der Waals surface area (Å²) in [6.45, 7) is 14.6. The monoisotopic (exact) mass is 940 g/mol. The molecule has 66 heavy (non-hydrogen) atoms. The Morgan fingerprint density at radius 1 is 0.818 bits per heavy atom. The van der Waals surface area contributed by atoms with Gasteiger partial charge in [0, 0.05) is 58.9 Å². The molecule has 2 aromatic rings. The van der Waals surface area contributed by atoms with Crippen LogP contribution in [0.4, 0.5) is 0 Å². The number of benzene rings is 2. The number of carboxylic acids is 1. The summed E-state index contributed by atoms with van der Waals surface area (Å²) < 4.78 is 39.3. The quantitative estimate of drug-likeness (QED) is 0.0830. The van der Waals surface area contributed by atoms with Gasteiger partial charge in [0.2, 0.25) is 11.8 Å². The normalized spacial score (nSPS) is 18.1. The van der Waals surface area contributed by atoms with Crippen LogP contribution in [0.3, 0.4) is 0 Å². The second-order valence-electron chi connectivity index (χ2n) is 19.5. The molecule has 0 aromatic heterocycles. The average molecular weight is 940 g/mol. The summed E-state index contributed by atoms with van der Waals surface area (Å²) in [5.74, 6) is -3.70. The maximum absolute atomic E-state index is 14.6. The fourth-order valence-electron chi connectivity index (χ4n) is 10.1. The summed E-state index contributed by atoms with van der Waals surface area (Å²) >= 11 is 0. The van der Waals surface area contributed by atoms with Gasteiger partial charge < -0.3 is 24.4 Å². The van der Waals surface area contributed by atoms with Crippen LogP contribution in [-0.2, 0) is 55.5 Å². The molecule has 3 rings (SSSR count). The lowest BCUT2D eigenvalue weighted by Gasteiger charge is -2.41. The highest BCUT2D eigenvalue weighted by Crippen LogP contribution is 2.32. The molecular formula is C52H81N3O10S. The van der Waals surface area contributed by atoms with Crippen molar-refractivity contribution in [2.24, 2.45) is 35.5 Å². The minimum Gasteiger partial charge on any atom is -0.481 e. The highest BCUT2D eigenvalue weighted by Gasteiger charge is 2.43. The molecule has 1 fully saturated rings. The molecule has 9 atom stereocenters. The Labute approximate surface area is 396 Å². The molecule has 2 amide bonds. The third kappa shape index (κ3) is 16.7. The van der Waals surface area contributed by atoms with Crippen molar-refractivity contribution in [2.75, 3.05) is 47.2 Å². The molecule has 2 aromatic carbocycles. The summed E-state index contributed by atoms with van der Waals surface area (Å²) in [5.41, 5.74) is 1.65. The third-order valence-corrected chi connectivity index (χ3v) is 15.6. The van der Waals surface area contributed by atoms with Crippen molar-refractivity contribution in [3.8, 4) is 0 Å². The van der Waals surface area contributed by atoms with E-state index in [-0.39, 0.29) is 78.3 Å². The first kappa shape index (κ1) is 56.3. The van der Waals surface area contributed by atoms with E-state index in [1.54, 1.807) is 43.2 Å². The lowest BCUT2D eigenvalue weighted by Crippen LogP contribution is -2.54. The number of rotatable bonds is 30. The van der Waals surface area contributed by atoms with E-state index in [9.17, 15) is 32.4 Å². The van der Waals surface area contributed by atoms with Crippen LogP contribution in [0.1, 0.15) is 111 Å². The first-order chi connectivity index (χ1) is 31.2. The molecule has 370 valence electrons. The average Bonchev–Trinajstić information content (AvgIpc) is 3.74. The summed E-state index contributed by atoms with van der Waals surface area (Å²) in [4.78, 5) is 73.8. The predicted octanol–water partition coefficient (Wildman–Crippen LogP) is 7.39. The van der Waals surface area contributed by atoms with E-state index >= 15 is 0 Å². The van der Waals surface area contributed by atoms with Gasteiger partial charge in [0.05, 0.1) is 48.3 Å². The summed E-state index contributed by atoms with van der Waals surface area (Å²) in [6, 6.07) is 17.3. The van der Waals surface area contributed by atoms with Crippen molar-refractivity contribution in [3.63, 3.8) is 0 Å². The van der Waals surface area contributed by atoms with Crippen molar-refractivity contribution in [1.29, 1.82) is 0 Å². The van der Waals surface area contributed by atoms with Gasteiger partial charge in [-0.05, 0) is 74.1 Å². The number of amides is 2. The second kappa shape index (κ2) is 27.1. The molecule has 1 aliphatic heterocycles. The largest absolute Gasteiger partial charge is 0.481 e. The number of methoxy groups -OCH3 is 2. The molecule has 0 spiro atoms. The van der Waals surface area contributed by atoms with Crippen molar-refractivity contribution in [3.05, 3.63) is 71.8 Å². The summed E-state index contributed by atoms with van der Waals surface area (Å²) in [5, 5.41) is 9.15. The number of ether oxygens (including phenoxy) is 2. The number of likely N-dealkylation sites (N-methyl/N-ethyl adjacent to an activating group) is 2. The highest BCUT2D eigenvalue weighted by molar-refractivity contribution is 7.90. The molecule has 1 N–H and O–H groups in total. The number of Topliss-reactive ketones (excluding diaryl/α,β-unsaturated/α-hetero) is 2. The zero-order valence-corrected chi connectivity index (χ0v) is 42.5. The fraction of sp³-hybridized carbons (Fsp3) is 0.673. The SMILES string of the molecule is CC[C@H](C)[C@@H]([C@@H](CC(=O)N1CCC[C@H]1[C@H](OC)[C@@H](C)C(=O)C[C@@H](Cc1ccccc1)CS(=O)(=O)Cc1ccccc1)OC)N(C)C(=O)[C@@H](CC(=O)[C@H](C(C)C)N(C)CCCC(=O)O)C(C)C. The Hall–Kier alpha value is -3.98. The number of carboxylic acid groups (broad SMARTS) is 1. The molecule has 0 radical (unpaired) electrons. The van der Waals surface area contributed by atoms with Crippen LogP contribution in [0.5, 0.6) is 0 Å². The zero-order valence-electron chi connectivity index (χ0n) is 41.7. The van der Waals surface area contributed by atoms with Crippen molar-refractivity contribution >= 4 is 39.2 Å². The number of ketones is 2. The van der Waals surface area contributed by atoms with E-state index in [1.807, 2.05) is 109 Å². The number of hydrogen-bond donors (Lipinski definition) is 1. The van der Waals surface area contributed by atoms with Crippen LogP contribution >= 0.6 is 0 Å². The van der Waals surface area contributed by atoms with Gasteiger partial charge in [-0.2, -0.15) is 0 Å². The molecule has 0 aliphatic carbocycles. The lowest BCUT2D eigenvalue weighted by molar-refractivity contribution is -0.149. The summed E-state index contributed by atoms with van der Waals surface area (Å²) in [7, 11) is 3.10. The second-order valence-corrected chi connectivity index (χ2v) is 21.7. The van der Waals surface area contributed by atoms with E-state index < -0.39 is 63.9 Å². The van der Waals surface area contributed by atoms with Crippen LogP contribution < -0.4 is 0 Å². The topological polar surface area (TPSA) is 168 Å². The number of carbonyl (C=O) groups is 5. The molecule has 13 nitrogen and oxygen atoms in total. The summed E-state index contributed by atoms with van der Waals surface area (Å²) in [6.07, 6.45) is 1.63. The zero-order chi connectivity index (χ0) is 49.3. The van der Waals surface area contributed by atoms with Crippen molar-refractivity contribution in [1.82, 2.24) is 14.7 Å². The van der Waals surface area contributed by atoms with E-state index in [1.165, 1.54) is 0 Å². The van der Waals surface area contributed by atoms with E-state index in [2.05, 4.69) is 0 Å². The smallest absolute Gasteiger partial charge is 0.303 e. The first-order valence-electron chi connectivity index (χ1n) is 24.0. The number of carbonyl (C=O) groups excluding carboxylic acids is 4. The van der Waals surface area contributed by atoms with Crippen LogP contribution in [0.15, 0.2) is 60.7 Å². The standard InChI is InChI=1S/C52H81N3O10S/c1-12-37(6)50(54(9)52(61)42(35(2)3)31-45(57)49(36(4)5)53(8)27-20-26-48(59)60)46(64-10)32-47(58)55-28-19-25-43(55)51(65-11)38(7)44(56)30-41(29-39-21-15-13-16-22-39)34-66(62,63)33-40-23-17-14-18-24-40/h13-18,21-24,35-38,41-43,46,49-51H,12,19-20,25-34H2,1-11H3,(H,59,60)/t37-,38-,41+,42-,43-,46+,49-,50-,51+/m0/s1. The highest BCUT2D eigenvalue weighted by atomic mass is 32.2. The maximum Gasteiger partial charge on any atom is 0.303 e. The first-order valence-corrected chi connectivity index (χ1v) is 25.9. The molecule has 0 unspecified atom stereocenters. The van der Waals surface area contributed by atoms with Crippen LogP contribution in [-0.4, -0.2) is 135 Å². The number of nitrogens with zero attached hydrogens (tertiary/aromatic N) is 3. The van der Waals surface area contributed by atoms with Gasteiger partial charge in [0.1, 0.15) is 5.78 Å². The van der Waals surface area contributed by atoms with E-state index in [0.717, 1.165) is 5.56 Å². The Bertz CT molecular complexity index is 1940. The number of aliphatic carboxylic acids is 1. The third-order valence-electron chi connectivity index (χ3n) is 13.8. The molecule has 0 saturated carbocycles. The van der Waals surface area contributed by atoms with Gasteiger partial charge in [0.15, 0.2) is 15.6 Å². The van der Waals surface area contributed by atoms with Crippen LogP contribution in [0, 0.1) is 35.5 Å². The van der Waals surface area contributed by atoms with E-state index in [4.69, 9.17) is 14.6 Å². The van der Waals surface area contributed by atoms with Gasteiger partial charge >= 0.3 is 5.97 Å². The van der Waals surface area contributed by atoms with Gasteiger partial charge in [0.25, 0.3) is 0 Å². The molecule has 14 heteroatoms. The molecule has 1 aliphatic rings. The Balaban J connectivity index is 1.80. The maximum atomic E-state index is 14.6. The Morgan fingerprint density at radius 2 is 1.42 bits per heavy atom. The van der Waals surface area contributed by atoms with Crippen LogP contribution in [0.25, 0.3) is 0 Å². The molecular weight excluding hydrogens is 859 g/mol. The molecule has 1 heterocycles. The number of hydrogen-bond acceptors (Lipinski definition) is 10. The Morgan fingerprint density at radius 3 is 1.95 bits per heavy atom.